The quantitative estimate of drug-likeness (QED) is 0.656. The molecule has 1 aliphatic rings. The number of aryl methyl sites for hydroxylation is 3. The SMILES string of the molecule is Cc1cc(CNc2cc(OCC3CC3c3ccc(F)cn3)nn(C)c2=O)n(C)n1. The van der Waals surface area contributed by atoms with Crippen molar-refractivity contribution in [2.24, 2.45) is 20.0 Å². The van der Waals surface area contributed by atoms with Crippen molar-refractivity contribution in [3.8, 4) is 5.88 Å². The molecule has 1 aliphatic carbocycles. The van der Waals surface area contributed by atoms with E-state index in [-0.39, 0.29) is 17.3 Å². The van der Waals surface area contributed by atoms with Crippen LogP contribution in [0.2, 0.25) is 0 Å². The minimum atomic E-state index is -0.335. The summed E-state index contributed by atoms with van der Waals surface area (Å²) in [6.07, 6.45) is 2.18. The Morgan fingerprint density at radius 3 is 2.76 bits per heavy atom. The molecule has 3 aromatic rings. The van der Waals surface area contributed by atoms with Gasteiger partial charge < -0.3 is 10.1 Å². The molecule has 1 N–H and O–H groups in total. The van der Waals surface area contributed by atoms with Gasteiger partial charge in [-0.05, 0) is 31.5 Å². The molecule has 0 radical (unpaired) electrons. The van der Waals surface area contributed by atoms with E-state index >= 15 is 0 Å². The van der Waals surface area contributed by atoms with Gasteiger partial charge >= 0.3 is 0 Å². The van der Waals surface area contributed by atoms with Crippen LogP contribution in [0.1, 0.15) is 29.4 Å². The van der Waals surface area contributed by atoms with Crippen molar-refractivity contribution in [3.63, 3.8) is 0 Å². The lowest BCUT2D eigenvalue weighted by atomic mass is 10.2. The Labute approximate surface area is 167 Å². The van der Waals surface area contributed by atoms with Gasteiger partial charge in [-0.1, -0.05) is 0 Å². The fraction of sp³-hybridized carbons (Fsp3) is 0.400. The zero-order valence-corrected chi connectivity index (χ0v) is 16.6. The van der Waals surface area contributed by atoms with Gasteiger partial charge in [-0.15, -0.1) is 5.10 Å². The van der Waals surface area contributed by atoms with Crippen LogP contribution in [0.5, 0.6) is 5.88 Å². The largest absolute Gasteiger partial charge is 0.476 e. The Kier molecular flexibility index (Phi) is 5.04. The topological polar surface area (TPSA) is 86.9 Å². The molecule has 0 spiro atoms. The molecule has 152 valence electrons. The third-order valence-corrected chi connectivity index (χ3v) is 5.10. The summed E-state index contributed by atoms with van der Waals surface area (Å²) in [5.41, 5.74) is 2.96. The number of ether oxygens (including phenoxy) is 1. The van der Waals surface area contributed by atoms with E-state index in [9.17, 15) is 9.18 Å². The molecular formula is C20H23FN6O2. The minimum Gasteiger partial charge on any atom is -0.476 e. The molecule has 1 fully saturated rings. The predicted octanol–water partition coefficient (Wildman–Crippen LogP) is 2.15. The van der Waals surface area contributed by atoms with E-state index < -0.39 is 0 Å². The number of aromatic nitrogens is 5. The maximum absolute atomic E-state index is 13.0. The van der Waals surface area contributed by atoms with E-state index in [4.69, 9.17) is 4.74 Å². The first-order chi connectivity index (χ1) is 13.9. The minimum absolute atomic E-state index is 0.226. The number of nitrogens with zero attached hydrogens (tertiary/aromatic N) is 5. The molecule has 3 aromatic heterocycles. The molecule has 0 saturated heterocycles. The third-order valence-electron chi connectivity index (χ3n) is 5.10. The molecule has 0 aromatic carbocycles. The normalized spacial score (nSPS) is 17.9. The monoisotopic (exact) mass is 398 g/mol. The van der Waals surface area contributed by atoms with Crippen LogP contribution >= 0.6 is 0 Å². The van der Waals surface area contributed by atoms with Crippen molar-refractivity contribution < 1.29 is 9.13 Å². The fourth-order valence-electron chi connectivity index (χ4n) is 3.39. The highest BCUT2D eigenvalue weighted by atomic mass is 19.1. The average molecular weight is 398 g/mol. The lowest BCUT2D eigenvalue weighted by Gasteiger charge is -2.11. The maximum Gasteiger partial charge on any atom is 0.290 e. The van der Waals surface area contributed by atoms with Crippen molar-refractivity contribution in [2.75, 3.05) is 11.9 Å². The number of hydrogen-bond donors (Lipinski definition) is 1. The van der Waals surface area contributed by atoms with Crippen LogP contribution in [0.25, 0.3) is 0 Å². The molecule has 0 aliphatic heterocycles. The summed E-state index contributed by atoms with van der Waals surface area (Å²) >= 11 is 0. The lowest BCUT2D eigenvalue weighted by Crippen LogP contribution is -2.24. The zero-order chi connectivity index (χ0) is 20.5. The van der Waals surface area contributed by atoms with Crippen molar-refractivity contribution in [1.82, 2.24) is 24.5 Å². The number of rotatable bonds is 7. The number of halogens is 1. The Morgan fingerprint density at radius 2 is 2.07 bits per heavy atom. The summed E-state index contributed by atoms with van der Waals surface area (Å²) < 4.78 is 21.9. The van der Waals surface area contributed by atoms with Gasteiger partial charge in [0.15, 0.2) is 0 Å². The van der Waals surface area contributed by atoms with E-state index in [1.54, 1.807) is 23.9 Å². The van der Waals surface area contributed by atoms with Crippen LogP contribution in [-0.4, -0.2) is 31.2 Å². The Balaban J connectivity index is 1.39. The van der Waals surface area contributed by atoms with Gasteiger partial charge in [0.05, 0.1) is 30.7 Å². The van der Waals surface area contributed by atoms with Gasteiger partial charge in [-0.2, -0.15) is 5.10 Å². The fourth-order valence-corrected chi connectivity index (χ4v) is 3.39. The van der Waals surface area contributed by atoms with E-state index in [0.717, 1.165) is 23.5 Å². The molecule has 3 heterocycles. The van der Waals surface area contributed by atoms with E-state index in [1.807, 2.05) is 20.0 Å². The average Bonchev–Trinajstić information content (AvgIpc) is 3.39. The van der Waals surface area contributed by atoms with Crippen LogP contribution in [0.15, 0.2) is 35.3 Å². The van der Waals surface area contributed by atoms with E-state index in [0.29, 0.717) is 30.6 Å². The Bertz CT molecular complexity index is 1080. The second-order valence-corrected chi connectivity index (χ2v) is 7.39. The van der Waals surface area contributed by atoms with Crippen LogP contribution in [-0.2, 0) is 20.6 Å². The number of pyridine rings is 1. The first-order valence-corrected chi connectivity index (χ1v) is 9.46. The number of hydrogen-bond acceptors (Lipinski definition) is 6. The molecule has 0 amide bonds. The highest BCUT2D eigenvalue weighted by Crippen LogP contribution is 2.46. The number of nitrogens with one attached hydrogen (secondary N) is 1. The van der Waals surface area contributed by atoms with Crippen molar-refractivity contribution in [1.29, 1.82) is 0 Å². The summed E-state index contributed by atoms with van der Waals surface area (Å²) in [5, 5.41) is 11.6. The molecule has 2 atom stereocenters. The maximum atomic E-state index is 13.0. The predicted molar refractivity (Wildman–Crippen MR) is 105 cm³/mol. The van der Waals surface area contributed by atoms with Gasteiger partial charge in [0.1, 0.15) is 11.5 Å². The van der Waals surface area contributed by atoms with Gasteiger partial charge in [-0.25, -0.2) is 9.07 Å². The standard InChI is InChI=1S/C20H23FN6O2/c1-12-6-15(26(2)24-12)10-23-18-8-19(25-27(3)20(18)28)29-11-13-7-16(13)17-5-4-14(21)9-22-17/h4-6,8-9,13,16,23H,7,10-11H2,1-3H3. The molecule has 0 bridgehead atoms. The smallest absolute Gasteiger partial charge is 0.290 e. The third kappa shape index (κ3) is 4.28. The summed E-state index contributed by atoms with van der Waals surface area (Å²) in [4.78, 5) is 16.5. The van der Waals surface area contributed by atoms with Crippen LogP contribution in [0.4, 0.5) is 10.1 Å². The summed E-state index contributed by atoms with van der Waals surface area (Å²) in [6, 6.07) is 6.73. The molecular weight excluding hydrogens is 375 g/mol. The molecule has 4 rings (SSSR count). The van der Waals surface area contributed by atoms with Gasteiger partial charge in [0.2, 0.25) is 5.88 Å². The Morgan fingerprint density at radius 1 is 1.24 bits per heavy atom. The second-order valence-electron chi connectivity index (χ2n) is 7.39. The van der Waals surface area contributed by atoms with Crippen LogP contribution in [0, 0.1) is 18.7 Å². The lowest BCUT2D eigenvalue weighted by molar-refractivity contribution is 0.278. The van der Waals surface area contributed by atoms with Crippen molar-refractivity contribution in [3.05, 3.63) is 63.7 Å². The van der Waals surface area contributed by atoms with Gasteiger partial charge in [0.25, 0.3) is 5.56 Å². The first-order valence-electron chi connectivity index (χ1n) is 9.46. The summed E-state index contributed by atoms with van der Waals surface area (Å²) in [6.45, 7) is 2.86. The molecule has 1 saturated carbocycles. The first kappa shape index (κ1) is 19.1. The van der Waals surface area contributed by atoms with Crippen LogP contribution in [0.3, 0.4) is 0 Å². The highest BCUT2D eigenvalue weighted by molar-refractivity contribution is 5.43. The molecule has 2 unspecified atom stereocenters. The zero-order valence-electron chi connectivity index (χ0n) is 16.6. The molecule has 29 heavy (non-hydrogen) atoms. The van der Waals surface area contributed by atoms with E-state index in [1.165, 1.54) is 16.9 Å². The van der Waals surface area contributed by atoms with Crippen molar-refractivity contribution >= 4 is 5.69 Å². The van der Waals surface area contributed by atoms with Gasteiger partial charge in [0, 0.05) is 37.7 Å². The van der Waals surface area contributed by atoms with Crippen LogP contribution < -0.4 is 15.6 Å². The second kappa shape index (κ2) is 7.65. The van der Waals surface area contributed by atoms with E-state index in [2.05, 4.69) is 20.5 Å². The van der Waals surface area contributed by atoms with Gasteiger partial charge in [-0.3, -0.25) is 14.5 Å². The summed E-state index contributed by atoms with van der Waals surface area (Å²) in [5.74, 6) is 0.626. The molecule has 9 heteroatoms. The highest BCUT2D eigenvalue weighted by Gasteiger charge is 2.40. The van der Waals surface area contributed by atoms with Crippen molar-refractivity contribution in [2.45, 2.75) is 25.8 Å². The summed E-state index contributed by atoms with van der Waals surface area (Å²) in [7, 11) is 3.46. The molecule has 8 nitrogen and oxygen atoms in total. The Hall–Kier alpha value is -3.23. The number of anilines is 1.